The van der Waals surface area contributed by atoms with Crippen LogP contribution in [0.5, 0.6) is 0 Å². The number of hydrogen-bond acceptors (Lipinski definition) is 2. The van der Waals surface area contributed by atoms with Crippen LogP contribution in [0.2, 0.25) is 0 Å². The highest BCUT2D eigenvalue weighted by Gasteiger charge is 2.38. The Balaban J connectivity index is 1.67. The van der Waals surface area contributed by atoms with E-state index in [4.69, 9.17) is 4.74 Å². The fourth-order valence-corrected chi connectivity index (χ4v) is 3.95. The third-order valence-corrected chi connectivity index (χ3v) is 4.97. The van der Waals surface area contributed by atoms with Gasteiger partial charge >= 0.3 is 0 Å². The highest BCUT2D eigenvalue weighted by molar-refractivity contribution is 5.79. The molecule has 2 aliphatic carbocycles. The van der Waals surface area contributed by atoms with Crippen molar-refractivity contribution in [2.75, 3.05) is 13.2 Å². The van der Waals surface area contributed by atoms with Crippen molar-refractivity contribution in [1.82, 2.24) is 4.90 Å². The minimum atomic E-state index is 0.319. The normalized spacial score (nSPS) is 34.1. The second-order valence-electron chi connectivity index (χ2n) is 6.13. The average molecular weight is 251 g/mol. The van der Waals surface area contributed by atoms with Crippen molar-refractivity contribution >= 4 is 5.91 Å². The summed E-state index contributed by atoms with van der Waals surface area (Å²) >= 11 is 0. The molecular formula is C15H25NO2. The minimum Gasteiger partial charge on any atom is -0.374 e. The zero-order chi connectivity index (χ0) is 12.4. The number of morpholine rings is 1. The Kier molecular flexibility index (Phi) is 3.88. The van der Waals surface area contributed by atoms with Crippen molar-refractivity contribution in [3.63, 3.8) is 0 Å². The summed E-state index contributed by atoms with van der Waals surface area (Å²) in [6, 6.07) is 0.391. The van der Waals surface area contributed by atoms with Gasteiger partial charge in [-0.25, -0.2) is 0 Å². The van der Waals surface area contributed by atoms with E-state index < -0.39 is 0 Å². The maximum atomic E-state index is 12.7. The smallest absolute Gasteiger partial charge is 0.226 e. The highest BCUT2D eigenvalue weighted by Crippen LogP contribution is 2.32. The minimum absolute atomic E-state index is 0.319. The predicted molar refractivity (Wildman–Crippen MR) is 70.3 cm³/mol. The summed E-state index contributed by atoms with van der Waals surface area (Å²) in [5, 5.41) is 0. The van der Waals surface area contributed by atoms with Gasteiger partial charge in [0, 0.05) is 12.5 Å². The molecule has 102 valence electrons. The van der Waals surface area contributed by atoms with E-state index in [1.54, 1.807) is 0 Å². The first kappa shape index (κ1) is 12.5. The van der Waals surface area contributed by atoms with Crippen molar-refractivity contribution in [3.8, 4) is 0 Å². The third-order valence-electron chi connectivity index (χ3n) is 4.97. The summed E-state index contributed by atoms with van der Waals surface area (Å²) in [6.07, 6.45) is 11.2. The van der Waals surface area contributed by atoms with Crippen LogP contribution in [0.15, 0.2) is 0 Å². The van der Waals surface area contributed by atoms with Crippen LogP contribution in [0.25, 0.3) is 0 Å². The van der Waals surface area contributed by atoms with Gasteiger partial charge < -0.3 is 9.64 Å². The Morgan fingerprint density at radius 3 is 2.50 bits per heavy atom. The highest BCUT2D eigenvalue weighted by atomic mass is 16.5. The number of nitrogens with zero attached hydrogens (tertiary/aromatic N) is 1. The molecule has 1 aliphatic heterocycles. The van der Waals surface area contributed by atoms with Gasteiger partial charge in [-0.15, -0.1) is 0 Å². The first-order chi connectivity index (χ1) is 8.86. The zero-order valence-corrected chi connectivity index (χ0v) is 11.3. The van der Waals surface area contributed by atoms with E-state index >= 15 is 0 Å². The molecule has 3 heteroatoms. The Morgan fingerprint density at radius 2 is 1.67 bits per heavy atom. The topological polar surface area (TPSA) is 29.5 Å². The fourth-order valence-electron chi connectivity index (χ4n) is 3.95. The predicted octanol–water partition coefficient (Wildman–Crippen LogP) is 2.74. The first-order valence-corrected chi connectivity index (χ1v) is 7.78. The van der Waals surface area contributed by atoms with Crippen LogP contribution in [0, 0.1) is 5.92 Å². The number of amides is 1. The SMILES string of the molecule is O=C(C1CCCCC1)N1CCOC2CCCCC21. The molecule has 1 heterocycles. The van der Waals surface area contributed by atoms with E-state index in [0.29, 0.717) is 24.0 Å². The molecule has 3 aliphatic rings. The van der Waals surface area contributed by atoms with E-state index in [-0.39, 0.29) is 0 Å². The number of ether oxygens (including phenoxy) is 1. The van der Waals surface area contributed by atoms with E-state index in [9.17, 15) is 4.79 Å². The second-order valence-corrected chi connectivity index (χ2v) is 6.13. The lowest BCUT2D eigenvalue weighted by Crippen LogP contribution is -2.56. The molecule has 3 nitrogen and oxygen atoms in total. The van der Waals surface area contributed by atoms with Crippen molar-refractivity contribution in [2.24, 2.45) is 5.92 Å². The van der Waals surface area contributed by atoms with Crippen LogP contribution in [-0.2, 0) is 9.53 Å². The summed E-state index contributed by atoms with van der Waals surface area (Å²) < 4.78 is 5.86. The molecule has 0 bridgehead atoms. The molecule has 0 N–H and O–H groups in total. The van der Waals surface area contributed by atoms with Crippen LogP contribution < -0.4 is 0 Å². The molecule has 2 unspecified atom stereocenters. The van der Waals surface area contributed by atoms with Crippen LogP contribution in [0.3, 0.4) is 0 Å². The van der Waals surface area contributed by atoms with Crippen molar-refractivity contribution in [3.05, 3.63) is 0 Å². The number of fused-ring (bicyclic) bond motifs is 1. The quantitative estimate of drug-likeness (QED) is 0.717. The van der Waals surface area contributed by atoms with Gasteiger partial charge in [-0.05, 0) is 25.7 Å². The Labute approximate surface area is 110 Å². The van der Waals surface area contributed by atoms with Gasteiger partial charge in [-0.2, -0.15) is 0 Å². The summed E-state index contributed by atoms with van der Waals surface area (Å²) in [7, 11) is 0. The molecule has 3 rings (SSSR count). The molecule has 3 fully saturated rings. The number of hydrogen-bond donors (Lipinski definition) is 0. The maximum Gasteiger partial charge on any atom is 0.226 e. The maximum absolute atomic E-state index is 12.7. The largest absolute Gasteiger partial charge is 0.374 e. The average Bonchev–Trinajstić information content (AvgIpc) is 2.47. The van der Waals surface area contributed by atoms with Gasteiger partial charge in [0.15, 0.2) is 0 Å². The summed E-state index contributed by atoms with van der Waals surface area (Å²) in [6.45, 7) is 1.58. The summed E-state index contributed by atoms with van der Waals surface area (Å²) in [5.74, 6) is 0.759. The molecule has 2 saturated carbocycles. The third kappa shape index (κ3) is 2.42. The van der Waals surface area contributed by atoms with Crippen LogP contribution in [0.1, 0.15) is 57.8 Å². The monoisotopic (exact) mass is 251 g/mol. The lowest BCUT2D eigenvalue weighted by molar-refractivity contribution is -0.154. The van der Waals surface area contributed by atoms with Crippen molar-refractivity contribution in [2.45, 2.75) is 69.9 Å². The first-order valence-electron chi connectivity index (χ1n) is 7.78. The zero-order valence-electron chi connectivity index (χ0n) is 11.3. The number of carbonyl (C=O) groups excluding carboxylic acids is 1. The molecule has 1 saturated heterocycles. The Bertz CT molecular complexity index is 297. The van der Waals surface area contributed by atoms with Crippen LogP contribution in [0.4, 0.5) is 0 Å². The van der Waals surface area contributed by atoms with E-state index in [1.807, 2.05) is 0 Å². The molecule has 0 aromatic rings. The van der Waals surface area contributed by atoms with Gasteiger partial charge in [0.05, 0.1) is 18.8 Å². The summed E-state index contributed by atoms with van der Waals surface area (Å²) in [4.78, 5) is 14.9. The van der Waals surface area contributed by atoms with Crippen molar-refractivity contribution in [1.29, 1.82) is 0 Å². The van der Waals surface area contributed by atoms with Crippen LogP contribution >= 0.6 is 0 Å². The van der Waals surface area contributed by atoms with Crippen LogP contribution in [-0.4, -0.2) is 36.1 Å². The summed E-state index contributed by atoms with van der Waals surface area (Å²) in [5.41, 5.74) is 0. The van der Waals surface area contributed by atoms with Gasteiger partial charge in [-0.1, -0.05) is 32.1 Å². The van der Waals surface area contributed by atoms with Gasteiger partial charge in [0.2, 0.25) is 5.91 Å². The lowest BCUT2D eigenvalue weighted by Gasteiger charge is -2.45. The molecule has 0 radical (unpaired) electrons. The fraction of sp³-hybridized carbons (Fsp3) is 0.933. The van der Waals surface area contributed by atoms with E-state index in [1.165, 1.54) is 32.1 Å². The molecular weight excluding hydrogens is 226 g/mol. The number of rotatable bonds is 1. The lowest BCUT2D eigenvalue weighted by atomic mass is 9.85. The van der Waals surface area contributed by atoms with E-state index in [2.05, 4.69) is 4.90 Å². The molecule has 0 spiro atoms. The Morgan fingerprint density at radius 1 is 0.944 bits per heavy atom. The Hall–Kier alpha value is -0.570. The molecule has 0 aromatic carbocycles. The number of carbonyl (C=O) groups is 1. The second kappa shape index (κ2) is 5.60. The molecule has 1 amide bonds. The van der Waals surface area contributed by atoms with Gasteiger partial charge in [0.1, 0.15) is 0 Å². The van der Waals surface area contributed by atoms with Gasteiger partial charge in [-0.3, -0.25) is 4.79 Å². The van der Waals surface area contributed by atoms with Crippen molar-refractivity contribution < 1.29 is 9.53 Å². The molecule has 18 heavy (non-hydrogen) atoms. The van der Waals surface area contributed by atoms with Gasteiger partial charge in [0.25, 0.3) is 0 Å². The molecule has 0 aromatic heterocycles. The standard InChI is InChI=1S/C15H25NO2/c17-15(12-6-2-1-3-7-12)16-10-11-18-14-9-5-4-8-13(14)16/h12-14H,1-11H2. The van der Waals surface area contributed by atoms with E-state index in [0.717, 1.165) is 38.8 Å². The molecule has 2 atom stereocenters.